The number of rotatable bonds is 49. The summed E-state index contributed by atoms with van der Waals surface area (Å²) in [5, 5.41) is 0. The summed E-state index contributed by atoms with van der Waals surface area (Å²) in [5.74, 6) is -0.936. The Morgan fingerprint density at radius 2 is 0.571 bits per heavy atom. The summed E-state index contributed by atoms with van der Waals surface area (Å²) in [4.78, 5) is 38.0. The molecule has 366 valence electrons. The zero-order valence-electron chi connectivity index (χ0n) is 41.8. The van der Waals surface area contributed by atoms with Gasteiger partial charge in [0, 0.05) is 19.3 Å². The molecule has 1 atom stereocenters. The fraction of sp³-hybridized carbons (Fsp3) is 0.807. The second-order valence-electron chi connectivity index (χ2n) is 18.2. The van der Waals surface area contributed by atoms with Gasteiger partial charge in [0.05, 0.1) is 0 Å². The molecule has 0 saturated carbocycles. The molecule has 0 N–H and O–H groups in total. The summed E-state index contributed by atoms with van der Waals surface area (Å²) in [6, 6.07) is 0. The van der Waals surface area contributed by atoms with Crippen molar-refractivity contribution in [3.05, 3.63) is 48.6 Å². The Labute approximate surface area is 390 Å². The maximum absolute atomic E-state index is 12.8. The van der Waals surface area contributed by atoms with Crippen LogP contribution in [0.4, 0.5) is 0 Å². The summed E-state index contributed by atoms with van der Waals surface area (Å²) in [5.41, 5.74) is 0. The van der Waals surface area contributed by atoms with Crippen molar-refractivity contribution >= 4 is 17.9 Å². The second-order valence-corrected chi connectivity index (χ2v) is 18.2. The highest BCUT2D eigenvalue weighted by Crippen LogP contribution is 2.16. The van der Waals surface area contributed by atoms with E-state index in [1.54, 1.807) is 0 Å². The lowest BCUT2D eigenvalue weighted by molar-refractivity contribution is -0.167. The van der Waals surface area contributed by atoms with Crippen LogP contribution in [0.2, 0.25) is 0 Å². The maximum atomic E-state index is 12.8. The van der Waals surface area contributed by atoms with Gasteiger partial charge in [-0.05, 0) is 64.2 Å². The summed E-state index contributed by atoms with van der Waals surface area (Å²) >= 11 is 0. The zero-order chi connectivity index (χ0) is 45.8. The average Bonchev–Trinajstić information content (AvgIpc) is 3.28. The highest BCUT2D eigenvalue weighted by molar-refractivity contribution is 5.71. The third-order valence-electron chi connectivity index (χ3n) is 11.9. The lowest BCUT2D eigenvalue weighted by atomic mass is 10.0. The average molecular weight is 883 g/mol. The smallest absolute Gasteiger partial charge is 0.306 e. The van der Waals surface area contributed by atoms with Crippen LogP contribution in [0.1, 0.15) is 278 Å². The number of hydrogen-bond donors (Lipinski definition) is 0. The molecule has 0 aliphatic heterocycles. The van der Waals surface area contributed by atoms with Gasteiger partial charge in [-0.2, -0.15) is 0 Å². The summed E-state index contributed by atoms with van der Waals surface area (Å²) in [6.45, 7) is 6.56. The largest absolute Gasteiger partial charge is 0.462 e. The van der Waals surface area contributed by atoms with Crippen LogP contribution in [-0.4, -0.2) is 37.2 Å². The van der Waals surface area contributed by atoms with Gasteiger partial charge < -0.3 is 14.2 Å². The first-order valence-corrected chi connectivity index (χ1v) is 27.2. The molecule has 0 spiro atoms. The maximum Gasteiger partial charge on any atom is 0.306 e. The van der Waals surface area contributed by atoms with Gasteiger partial charge in [-0.3, -0.25) is 14.4 Å². The fourth-order valence-electron chi connectivity index (χ4n) is 7.71. The first-order chi connectivity index (χ1) is 31.0. The van der Waals surface area contributed by atoms with Gasteiger partial charge in [-0.1, -0.05) is 243 Å². The van der Waals surface area contributed by atoms with Crippen molar-refractivity contribution in [2.24, 2.45) is 0 Å². The van der Waals surface area contributed by atoms with E-state index < -0.39 is 6.10 Å². The predicted octanol–water partition coefficient (Wildman–Crippen LogP) is 17.9. The molecule has 0 aliphatic carbocycles. The van der Waals surface area contributed by atoms with Crippen LogP contribution in [-0.2, 0) is 28.6 Å². The van der Waals surface area contributed by atoms with E-state index in [2.05, 4.69) is 69.4 Å². The minimum Gasteiger partial charge on any atom is -0.462 e. The lowest BCUT2D eigenvalue weighted by Gasteiger charge is -2.18. The quantitative estimate of drug-likeness (QED) is 0.0262. The molecule has 0 rings (SSSR count). The van der Waals surface area contributed by atoms with Crippen LogP contribution in [0.15, 0.2) is 48.6 Å². The SMILES string of the molecule is CCCC/C=C\C=C/CCCCCC(=O)OCC(COC(=O)CCCCCCCCCCCCCCCCCCCC)OC(=O)CCCCC/C=C\C=C/CCCCCCCCC. The van der Waals surface area contributed by atoms with Crippen LogP contribution in [0, 0.1) is 0 Å². The predicted molar refractivity (Wildman–Crippen MR) is 270 cm³/mol. The van der Waals surface area contributed by atoms with E-state index in [0.29, 0.717) is 19.3 Å². The van der Waals surface area contributed by atoms with E-state index in [0.717, 1.165) is 83.5 Å². The van der Waals surface area contributed by atoms with Crippen molar-refractivity contribution < 1.29 is 28.6 Å². The van der Waals surface area contributed by atoms with Gasteiger partial charge in [0.15, 0.2) is 6.10 Å². The first kappa shape index (κ1) is 60.4. The second kappa shape index (κ2) is 52.0. The van der Waals surface area contributed by atoms with Gasteiger partial charge in [0.2, 0.25) is 0 Å². The standard InChI is InChI=1S/C57H102O6/c1-4-7-10-13-16-19-22-24-26-28-29-31-32-35-38-41-44-47-50-56(59)62-53-54(52-61-55(58)49-46-43-40-37-34-21-18-15-12-9-6-3)63-57(60)51-48-45-42-39-36-33-30-27-25-23-20-17-14-11-8-5-2/h15,18,21,27,30,33-34,36,54H,4-14,16-17,19-20,22-26,28-29,31-32,35,37-53H2,1-3H3/b18-15-,30-27-,34-21-,36-33-. The summed E-state index contributed by atoms with van der Waals surface area (Å²) < 4.78 is 16.8. The Hall–Kier alpha value is -2.63. The van der Waals surface area contributed by atoms with E-state index in [9.17, 15) is 14.4 Å². The van der Waals surface area contributed by atoms with E-state index in [1.807, 2.05) is 0 Å². The molecule has 0 saturated heterocycles. The molecule has 0 amide bonds. The van der Waals surface area contributed by atoms with Gasteiger partial charge >= 0.3 is 17.9 Å². The van der Waals surface area contributed by atoms with Crippen molar-refractivity contribution in [3.63, 3.8) is 0 Å². The summed E-state index contributed by atoms with van der Waals surface area (Å²) in [6.07, 6.45) is 62.5. The number of hydrogen-bond acceptors (Lipinski definition) is 6. The van der Waals surface area contributed by atoms with Crippen LogP contribution >= 0.6 is 0 Å². The van der Waals surface area contributed by atoms with Crippen LogP contribution < -0.4 is 0 Å². The molecule has 6 nitrogen and oxygen atoms in total. The molecular weight excluding hydrogens is 781 g/mol. The minimum absolute atomic E-state index is 0.0899. The van der Waals surface area contributed by atoms with Gasteiger partial charge in [0.25, 0.3) is 0 Å². The number of ether oxygens (including phenoxy) is 3. The molecule has 6 heteroatoms. The number of carbonyl (C=O) groups excluding carboxylic acids is 3. The van der Waals surface area contributed by atoms with Crippen molar-refractivity contribution in [3.8, 4) is 0 Å². The molecule has 0 fully saturated rings. The van der Waals surface area contributed by atoms with Crippen LogP contribution in [0.5, 0.6) is 0 Å². The molecule has 0 aromatic rings. The van der Waals surface area contributed by atoms with Crippen molar-refractivity contribution in [2.45, 2.75) is 284 Å². The zero-order valence-corrected chi connectivity index (χ0v) is 41.8. The third kappa shape index (κ3) is 50.2. The van der Waals surface area contributed by atoms with Crippen molar-refractivity contribution in [2.75, 3.05) is 13.2 Å². The number of allylic oxidation sites excluding steroid dienone is 8. The normalized spacial score (nSPS) is 12.4. The highest BCUT2D eigenvalue weighted by Gasteiger charge is 2.19. The molecular formula is C57H102O6. The number of esters is 3. The van der Waals surface area contributed by atoms with Crippen LogP contribution in [0.25, 0.3) is 0 Å². The molecule has 0 aliphatic rings. The molecule has 0 aromatic carbocycles. The summed E-state index contributed by atoms with van der Waals surface area (Å²) in [7, 11) is 0. The molecule has 0 heterocycles. The topological polar surface area (TPSA) is 78.9 Å². The van der Waals surface area contributed by atoms with Gasteiger partial charge in [-0.25, -0.2) is 0 Å². The molecule has 0 bridgehead atoms. The monoisotopic (exact) mass is 883 g/mol. The Morgan fingerprint density at radius 3 is 0.905 bits per heavy atom. The number of unbranched alkanes of at least 4 members (excludes halogenated alkanes) is 32. The first-order valence-electron chi connectivity index (χ1n) is 27.2. The van der Waals surface area contributed by atoms with Crippen LogP contribution in [0.3, 0.4) is 0 Å². The Balaban J connectivity index is 4.37. The Kier molecular flexibility index (Phi) is 49.8. The van der Waals surface area contributed by atoms with Gasteiger partial charge in [-0.15, -0.1) is 0 Å². The van der Waals surface area contributed by atoms with Gasteiger partial charge in [0.1, 0.15) is 13.2 Å². The molecule has 1 unspecified atom stereocenters. The lowest BCUT2D eigenvalue weighted by Crippen LogP contribution is -2.30. The highest BCUT2D eigenvalue weighted by atomic mass is 16.6. The van der Waals surface area contributed by atoms with E-state index in [4.69, 9.17) is 14.2 Å². The Bertz CT molecular complexity index is 1110. The van der Waals surface area contributed by atoms with E-state index in [1.165, 1.54) is 154 Å². The van der Waals surface area contributed by atoms with Crippen molar-refractivity contribution in [1.29, 1.82) is 0 Å². The molecule has 0 radical (unpaired) electrons. The molecule has 63 heavy (non-hydrogen) atoms. The molecule has 0 aromatic heterocycles. The Morgan fingerprint density at radius 1 is 0.317 bits per heavy atom. The van der Waals surface area contributed by atoms with E-state index >= 15 is 0 Å². The van der Waals surface area contributed by atoms with E-state index in [-0.39, 0.29) is 31.1 Å². The van der Waals surface area contributed by atoms with Crippen molar-refractivity contribution in [1.82, 2.24) is 0 Å². The number of carbonyl (C=O) groups is 3. The third-order valence-corrected chi connectivity index (χ3v) is 11.9. The minimum atomic E-state index is -0.794. The fourth-order valence-corrected chi connectivity index (χ4v) is 7.71.